The minimum Gasteiger partial charge on any atom is -0.418 e. The zero-order valence-corrected chi connectivity index (χ0v) is 12.9. The molecule has 1 heterocycles. The molecule has 0 saturated heterocycles. The third-order valence-corrected chi connectivity index (χ3v) is 4.80. The smallest absolute Gasteiger partial charge is 0.418 e. The molecule has 110 valence electrons. The summed E-state index contributed by atoms with van der Waals surface area (Å²) in [6.45, 7) is 2.19. The molecule has 0 amide bonds. The third kappa shape index (κ3) is 7.35. The first-order chi connectivity index (χ1) is 9.25. The van der Waals surface area contributed by atoms with Gasteiger partial charge in [-0.25, -0.2) is 0 Å². The van der Waals surface area contributed by atoms with Gasteiger partial charge in [0.15, 0.2) is 0 Å². The van der Waals surface area contributed by atoms with Crippen molar-refractivity contribution in [2.45, 2.75) is 12.4 Å². The van der Waals surface area contributed by atoms with Crippen LogP contribution in [-0.4, -0.2) is 26.8 Å². The van der Waals surface area contributed by atoms with Crippen LogP contribution in [0.1, 0.15) is 5.56 Å². The average molecular weight is 353 g/mol. The molecule has 0 fully saturated rings. The first-order valence-corrected chi connectivity index (χ1v) is 7.89. The van der Waals surface area contributed by atoms with E-state index < -0.39 is 7.25 Å². The predicted molar refractivity (Wildman–Crippen MR) is 72.4 cm³/mol. The molecule has 1 aromatic heterocycles. The molecule has 0 unspecified atom stereocenters. The van der Waals surface area contributed by atoms with E-state index in [4.69, 9.17) is 0 Å². The van der Waals surface area contributed by atoms with Gasteiger partial charge in [-0.15, -0.1) is 0 Å². The van der Waals surface area contributed by atoms with E-state index in [1.54, 1.807) is 0 Å². The van der Waals surface area contributed by atoms with Crippen LogP contribution in [0.15, 0.2) is 43.0 Å². The van der Waals surface area contributed by atoms with E-state index in [2.05, 4.69) is 66.1 Å². The van der Waals surface area contributed by atoms with Crippen molar-refractivity contribution < 1.29 is 21.8 Å². The zero-order valence-electron chi connectivity index (χ0n) is 11.1. The first-order valence-electron chi connectivity index (χ1n) is 5.82. The van der Waals surface area contributed by atoms with Gasteiger partial charge in [0.25, 0.3) is 0 Å². The van der Waals surface area contributed by atoms with Crippen molar-refractivity contribution in [2.75, 3.05) is 0 Å². The molecule has 0 aliphatic heterocycles. The fraction of sp³-hybridized carbons (Fsp3) is 0.250. The van der Waals surface area contributed by atoms with E-state index in [9.17, 15) is 17.3 Å². The molecule has 0 bridgehead atoms. The summed E-state index contributed by atoms with van der Waals surface area (Å²) in [5.41, 5.74) is 2.52. The molecule has 0 N–H and O–H groups in total. The second kappa shape index (κ2) is 7.50. The summed E-state index contributed by atoms with van der Waals surface area (Å²) < 4.78 is 44.8. The Kier molecular flexibility index (Phi) is 6.29. The second-order valence-corrected chi connectivity index (χ2v) is 6.20. The second-order valence-electron chi connectivity index (χ2n) is 4.13. The van der Waals surface area contributed by atoms with Gasteiger partial charge in [-0.2, -0.15) is 0 Å². The van der Waals surface area contributed by atoms with E-state index in [0.717, 1.165) is 5.44 Å². The Morgan fingerprint density at radius 1 is 1.20 bits per heavy atom. The SMILES string of the molecule is Cc1ccccc1[Se]Cn1cc[n+](C)c1.F[B-](F)(F)F. The van der Waals surface area contributed by atoms with Gasteiger partial charge in [-0.1, -0.05) is 0 Å². The molecule has 2 nitrogen and oxygen atoms in total. The Balaban J connectivity index is 0.000000347. The van der Waals surface area contributed by atoms with Crippen LogP contribution in [0.2, 0.25) is 0 Å². The van der Waals surface area contributed by atoms with Crippen molar-refractivity contribution in [3.8, 4) is 0 Å². The maximum Gasteiger partial charge on any atom is 0.673 e. The van der Waals surface area contributed by atoms with Gasteiger partial charge in [0, 0.05) is 0 Å². The molecule has 0 aliphatic carbocycles. The van der Waals surface area contributed by atoms with Crippen molar-refractivity contribution in [3.63, 3.8) is 0 Å². The van der Waals surface area contributed by atoms with E-state index in [0.29, 0.717) is 15.0 Å². The molecule has 20 heavy (non-hydrogen) atoms. The van der Waals surface area contributed by atoms with E-state index in [1.165, 1.54) is 10.0 Å². The Morgan fingerprint density at radius 2 is 1.80 bits per heavy atom. The fourth-order valence-corrected chi connectivity index (χ4v) is 3.35. The molecule has 2 rings (SSSR count). The van der Waals surface area contributed by atoms with Crippen LogP contribution < -0.4 is 9.03 Å². The number of rotatable bonds is 3. The average Bonchev–Trinajstić information content (AvgIpc) is 2.72. The minimum atomic E-state index is -6.00. The van der Waals surface area contributed by atoms with E-state index in [1.807, 2.05) is 0 Å². The Labute approximate surface area is 121 Å². The number of aromatic nitrogens is 2. The van der Waals surface area contributed by atoms with Gasteiger partial charge in [0.1, 0.15) is 0 Å². The Morgan fingerprint density at radius 3 is 2.30 bits per heavy atom. The summed E-state index contributed by atoms with van der Waals surface area (Å²) in [6.07, 6.45) is 6.33. The van der Waals surface area contributed by atoms with Crippen molar-refractivity contribution in [1.29, 1.82) is 0 Å². The monoisotopic (exact) mass is 354 g/mol. The number of aryl methyl sites for hydroxylation is 2. The first kappa shape index (κ1) is 16.8. The number of nitrogens with zero attached hydrogens (tertiary/aromatic N) is 2. The van der Waals surface area contributed by atoms with Crippen molar-refractivity contribution in [3.05, 3.63) is 48.5 Å². The maximum absolute atomic E-state index is 9.75. The Bertz CT molecular complexity index is 536. The number of imidazole rings is 1. The van der Waals surface area contributed by atoms with Crippen LogP contribution in [-0.2, 0) is 12.5 Å². The van der Waals surface area contributed by atoms with Crippen LogP contribution in [0, 0.1) is 6.92 Å². The molecule has 0 atom stereocenters. The van der Waals surface area contributed by atoms with Gasteiger partial charge in [0.2, 0.25) is 0 Å². The molecule has 0 saturated carbocycles. The Hall–Kier alpha value is -1.27. The molecule has 0 spiro atoms. The zero-order chi connectivity index (χ0) is 15.2. The largest absolute Gasteiger partial charge is 0.673 e. The normalized spacial score (nSPS) is 10.9. The molecule has 0 aliphatic rings. The van der Waals surface area contributed by atoms with Crippen molar-refractivity contribution in [1.82, 2.24) is 4.57 Å². The number of benzene rings is 1. The fourth-order valence-electron chi connectivity index (χ4n) is 1.44. The summed E-state index contributed by atoms with van der Waals surface area (Å²) >= 11 is 0.525. The van der Waals surface area contributed by atoms with Gasteiger partial charge in [0.05, 0.1) is 0 Å². The molecule has 1 aromatic carbocycles. The summed E-state index contributed by atoms with van der Waals surface area (Å²) in [6, 6.07) is 8.65. The summed E-state index contributed by atoms with van der Waals surface area (Å²) in [7, 11) is -3.95. The van der Waals surface area contributed by atoms with Crippen LogP contribution >= 0.6 is 0 Å². The molecule has 8 heteroatoms. The van der Waals surface area contributed by atoms with Crippen molar-refractivity contribution >= 4 is 26.7 Å². The van der Waals surface area contributed by atoms with Gasteiger partial charge in [-0.3, -0.25) is 0 Å². The number of halogens is 4. The minimum absolute atomic E-state index is 0.525. The molecule has 2 aromatic rings. The van der Waals surface area contributed by atoms with Crippen LogP contribution in [0.3, 0.4) is 0 Å². The summed E-state index contributed by atoms with van der Waals surface area (Å²) in [5, 5.41) is 0. The molecule has 0 radical (unpaired) electrons. The standard InChI is InChI=1S/C12H15N2Se.BF4/c1-11-5-3-4-6-12(11)15-10-14-8-7-13(2)9-14;2-1(3,4)5/h3-9H,10H2,1-2H3;/q+1;-1. The topological polar surface area (TPSA) is 8.81 Å². The number of hydrogen-bond acceptors (Lipinski definition) is 0. The van der Waals surface area contributed by atoms with E-state index in [-0.39, 0.29) is 0 Å². The quantitative estimate of drug-likeness (QED) is 0.453. The van der Waals surface area contributed by atoms with Crippen LogP contribution in [0.25, 0.3) is 0 Å². The molecular weight excluding hydrogens is 338 g/mol. The number of hydrogen-bond donors (Lipinski definition) is 0. The van der Waals surface area contributed by atoms with Crippen molar-refractivity contribution in [2.24, 2.45) is 7.05 Å². The molecular formula is C12H15BF4N2Se. The van der Waals surface area contributed by atoms with E-state index >= 15 is 0 Å². The third-order valence-electron chi connectivity index (χ3n) is 2.29. The van der Waals surface area contributed by atoms with Crippen LogP contribution in [0.4, 0.5) is 17.3 Å². The summed E-state index contributed by atoms with van der Waals surface area (Å²) in [4.78, 5) is 0. The summed E-state index contributed by atoms with van der Waals surface area (Å²) in [5.74, 6) is 0. The predicted octanol–water partition coefficient (Wildman–Crippen LogP) is 1.91. The van der Waals surface area contributed by atoms with Gasteiger partial charge in [-0.05, 0) is 0 Å². The van der Waals surface area contributed by atoms with Gasteiger partial charge < -0.3 is 17.3 Å². The maximum atomic E-state index is 9.75. The van der Waals surface area contributed by atoms with Crippen LogP contribution in [0.5, 0.6) is 0 Å². The van der Waals surface area contributed by atoms with Gasteiger partial charge >= 0.3 is 104 Å².